The van der Waals surface area contributed by atoms with Gasteiger partial charge in [0.2, 0.25) is 5.75 Å². The van der Waals surface area contributed by atoms with E-state index < -0.39 is 0 Å². The van der Waals surface area contributed by atoms with E-state index in [4.69, 9.17) is 28.4 Å². The predicted molar refractivity (Wildman–Crippen MR) is 94.1 cm³/mol. The Morgan fingerprint density at radius 2 is 1.08 bits per heavy atom. The van der Waals surface area contributed by atoms with Crippen molar-refractivity contribution < 1.29 is 28.4 Å². The van der Waals surface area contributed by atoms with Crippen LogP contribution in [-0.2, 0) is 18.0 Å². The first kappa shape index (κ1) is 18.7. The zero-order valence-electron chi connectivity index (χ0n) is 15.3. The maximum Gasteiger partial charge on any atom is 0.203 e. The average molecular weight is 348 g/mol. The molecule has 25 heavy (non-hydrogen) atoms. The molecule has 0 amide bonds. The quantitative estimate of drug-likeness (QED) is 0.692. The number of methoxy groups -OCH3 is 5. The van der Waals surface area contributed by atoms with Crippen LogP contribution in [0.2, 0.25) is 0 Å². The van der Waals surface area contributed by atoms with Crippen LogP contribution in [-0.4, -0.2) is 35.5 Å². The molecule has 0 unspecified atom stereocenters. The lowest BCUT2D eigenvalue weighted by Gasteiger charge is -2.14. The lowest BCUT2D eigenvalue weighted by Crippen LogP contribution is -1.99. The Bertz CT molecular complexity index is 673. The molecule has 0 aliphatic rings. The summed E-state index contributed by atoms with van der Waals surface area (Å²) in [6, 6.07) is 9.44. The van der Waals surface area contributed by atoms with Crippen LogP contribution in [0, 0.1) is 0 Å². The third-order valence-electron chi connectivity index (χ3n) is 3.71. The summed E-state index contributed by atoms with van der Waals surface area (Å²) >= 11 is 0. The molecule has 0 atom stereocenters. The minimum atomic E-state index is 0.408. The van der Waals surface area contributed by atoms with Gasteiger partial charge in [0, 0.05) is 0 Å². The molecule has 0 aliphatic carbocycles. The van der Waals surface area contributed by atoms with Crippen molar-refractivity contribution in [3.05, 3.63) is 41.5 Å². The monoisotopic (exact) mass is 348 g/mol. The second-order valence-electron chi connectivity index (χ2n) is 5.22. The standard InChI is InChI=1S/C19H24O6/c1-20-15-7-6-13(8-16(15)21-2)11-25-12-14-9-17(22-3)19(24-5)18(10-14)23-4/h6-10H,11-12H2,1-5H3. The second-order valence-corrected chi connectivity index (χ2v) is 5.22. The van der Waals surface area contributed by atoms with Crippen molar-refractivity contribution in [1.82, 2.24) is 0 Å². The van der Waals surface area contributed by atoms with Gasteiger partial charge in [-0.25, -0.2) is 0 Å². The van der Waals surface area contributed by atoms with E-state index in [2.05, 4.69) is 0 Å². The summed E-state index contributed by atoms with van der Waals surface area (Å²) in [6.07, 6.45) is 0. The molecule has 0 saturated carbocycles. The highest BCUT2D eigenvalue weighted by Gasteiger charge is 2.13. The summed E-state index contributed by atoms with van der Waals surface area (Å²) in [4.78, 5) is 0. The Kier molecular flexibility index (Phi) is 6.77. The molecule has 2 rings (SSSR count). The van der Waals surface area contributed by atoms with Gasteiger partial charge in [-0.1, -0.05) is 6.07 Å². The fraction of sp³-hybridized carbons (Fsp3) is 0.368. The molecule has 0 spiro atoms. The molecule has 6 nitrogen and oxygen atoms in total. The average Bonchev–Trinajstić information content (AvgIpc) is 2.66. The molecule has 0 aliphatic heterocycles. The van der Waals surface area contributed by atoms with Crippen molar-refractivity contribution >= 4 is 0 Å². The third-order valence-corrected chi connectivity index (χ3v) is 3.71. The van der Waals surface area contributed by atoms with Gasteiger partial charge in [0.25, 0.3) is 0 Å². The van der Waals surface area contributed by atoms with E-state index in [1.54, 1.807) is 35.5 Å². The predicted octanol–water partition coefficient (Wildman–Crippen LogP) is 3.45. The van der Waals surface area contributed by atoms with Crippen LogP contribution in [0.5, 0.6) is 28.7 Å². The number of rotatable bonds is 9. The molecule has 0 aromatic heterocycles. The fourth-order valence-electron chi connectivity index (χ4n) is 2.48. The molecule has 2 aromatic rings. The first-order valence-electron chi connectivity index (χ1n) is 7.74. The highest BCUT2D eigenvalue weighted by Crippen LogP contribution is 2.38. The van der Waals surface area contributed by atoms with Gasteiger partial charge in [-0.15, -0.1) is 0 Å². The lowest BCUT2D eigenvalue weighted by molar-refractivity contribution is 0.106. The Balaban J connectivity index is 2.06. The molecule has 6 heteroatoms. The highest BCUT2D eigenvalue weighted by molar-refractivity contribution is 5.53. The van der Waals surface area contributed by atoms with Gasteiger partial charge < -0.3 is 28.4 Å². The largest absolute Gasteiger partial charge is 0.493 e. The summed E-state index contributed by atoms with van der Waals surface area (Å²) in [7, 11) is 7.97. The van der Waals surface area contributed by atoms with Gasteiger partial charge in [0.15, 0.2) is 23.0 Å². The normalized spacial score (nSPS) is 10.3. The van der Waals surface area contributed by atoms with Crippen LogP contribution in [0.1, 0.15) is 11.1 Å². The zero-order valence-corrected chi connectivity index (χ0v) is 15.3. The van der Waals surface area contributed by atoms with Crippen molar-refractivity contribution in [2.45, 2.75) is 13.2 Å². The topological polar surface area (TPSA) is 55.4 Å². The lowest BCUT2D eigenvalue weighted by atomic mass is 10.2. The van der Waals surface area contributed by atoms with Crippen LogP contribution >= 0.6 is 0 Å². The van der Waals surface area contributed by atoms with Gasteiger partial charge in [0.05, 0.1) is 48.8 Å². The molecule has 136 valence electrons. The molecule has 0 bridgehead atoms. The molecule has 0 N–H and O–H groups in total. The van der Waals surface area contributed by atoms with E-state index in [-0.39, 0.29) is 0 Å². The smallest absolute Gasteiger partial charge is 0.203 e. The number of hydrogen-bond acceptors (Lipinski definition) is 6. The number of benzene rings is 2. The van der Waals surface area contributed by atoms with Gasteiger partial charge in [-0.05, 0) is 35.4 Å². The van der Waals surface area contributed by atoms with Crippen molar-refractivity contribution in [2.75, 3.05) is 35.5 Å². The maximum atomic E-state index is 5.80. The molecule has 0 saturated heterocycles. The van der Waals surface area contributed by atoms with Crippen LogP contribution < -0.4 is 23.7 Å². The molecule has 0 heterocycles. The van der Waals surface area contributed by atoms with Crippen molar-refractivity contribution in [1.29, 1.82) is 0 Å². The Hall–Kier alpha value is -2.60. The van der Waals surface area contributed by atoms with Gasteiger partial charge >= 0.3 is 0 Å². The van der Waals surface area contributed by atoms with E-state index in [0.717, 1.165) is 11.1 Å². The van der Waals surface area contributed by atoms with E-state index in [1.165, 1.54) is 0 Å². The van der Waals surface area contributed by atoms with Crippen molar-refractivity contribution in [3.63, 3.8) is 0 Å². The highest BCUT2D eigenvalue weighted by atomic mass is 16.5. The van der Waals surface area contributed by atoms with E-state index in [9.17, 15) is 0 Å². The van der Waals surface area contributed by atoms with Crippen LogP contribution in [0.4, 0.5) is 0 Å². The first-order valence-corrected chi connectivity index (χ1v) is 7.74. The van der Waals surface area contributed by atoms with Gasteiger partial charge in [-0.2, -0.15) is 0 Å². The van der Waals surface area contributed by atoms with Gasteiger partial charge in [-0.3, -0.25) is 0 Å². The van der Waals surface area contributed by atoms with Gasteiger partial charge in [0.1, 0.15) is 0 Å². The summed E-state index contributed by atoms with van der Waals surface area (Å²) in [5.41, 5.74) is 1.92. The zero-order chi connectivity index (χ0) is 18.2. The van der Waals surface area contributed by atoms with Crippen LogP contribution in [0.3, 0.4) is 0 Å². The minimum Gasteiger partial charge on any atom is -0.493 e. The van der Waals surface area contributed by atoms with Crippen LogP contribution in [0.15, 0.2) is 30.3 Å². The summed E-state index contributed by atoms with van der Waals surface area (Å²) in [5, 5.41) is 0. The van der Waals surface area contributed by atoms with Crippen molar-refractivity contribution in [3.8, 4) is 28.7 Å². The number of hydrogen-bond donors (Lipinski definition) is 0. The second kappa shape index (κ2) is 9.03. The van der Waals surface area contributed by atoms with E-state index in [0.29, 0.717) is 42.0 Å². The minimum absolute atomic E-state index is 0.408. The van der Waals surface area contributed by atoms with E-state index in [1.807, 2.05) is 30.3 Å². The third kappa shape index (κ3) is 4.48. The number of ether oxygens (including phenoxy) is 6. The summed E-state index contributed by atoms with van der Waals surface area (Å²) < 4.78 is 32.4. The molecular weight excluding hydrogens is 324 g/mol. The SMILES string of the molecule is COc1ccc(COCc2cc(OC)c(OC)c(OC)c2)cc1OC. The Labute approximate surface area is 148 Å². The maximum absolute atomic E-state index is 5.80. The first-order chi connectivity index (χ1) is 12.2. The van der Waals surface area contributed by atoms with E-state index >= 15 is 0 Å². The molecular formula is C19H24O6. The van der Waals surface area contributed by atoms with Crippen molar-refractivity contribution in [2.24, 2.45) is 0 Å². The van der Waals surface area contributed by atoms with Crippen LogP contribution in [0.25, 0.3) is 0 Å². The molecule has 0 radical (unpaired) electrons. The summed E-state index contributed by atoms with van der Waals surface area (Å²) in [5.74, 6) is 3.14. The molecule has 2 aromatic carbocycles. The fourth-order valence-corrected chi connectivity index (χ4v) is 2.48. The Morgan fingerprint density at radius 1 is 0.560 bits per heavy atom. The summed E-state index contributed by atoms with van der Waals surface area (Å²) in [6.45, 7) is 0.849. The molecule has 0 fully saturated rings. The Morgan fingerprint density at radius 3 is 1.60 bits per heavy atom.